The average molecular weight is 354 g/mol. The zero-order valence-corrected chi connectivity index (χ0v) is 15.8. The molecular formula is C20H32FNOS. The second kappa shape index (κ2) is 14.3. The first-order valence-corrected chi connectivity index (χ1v) is 10.5. The number of hydrogen-bond acceptors (Lipinski definition) is 2. The fourth-order valence-electron chi connectivity index (χ4n) is 2.59. The molecule has 0 aromatic heterocycles. The molecule has 1 amide bonds. The van der Waals surface area contributed by atoms with E-state index in [9.17, 15) is 9.18 Å². The smallest absolute Gasteiger partial charge is 0.234 e. The number of anilines is 1. The highest BCUT2D eigenvalue weighted by atomic mass is 32.2. The lowest BCUT2D eigenvalue weighted by Gasteiger charge is -2.05. The standard InChI is InChI=1S/C20H32FNOS/c1-2-3-4-5-6-7-8-9-10-11-16-24-17-20(23)22-19-14-12-18(21)13-15-19/h12-15H,2-11,16-17H2,1H3,(H,22,23). The predicted molar refractivity (Wildman–Crippen MR) is 104 cm³/mol. The van der Waals surface area contributed by atoms with Gasteiger partial charge >= 0.3 is 0 Å². The number of nitrogens with one attached hydrogen (secondary N) is 1. The molecule has 0 aliphatic rings. The monoisotopic (exact) mass is 353 g/mol. The van der Waals surface area contributed by atoms with Crippen LogP contribution in [0.3, 0.4) is 0 Å². The van der Waals surface area contributed by atoms with E-state index in [1.165, 1.54) is 76.3 Å². The van der Waals surface area contributed by atoms with E-state index in [4.69, 9.17) is 0 Å². The minimum absolute atomic E-state index is 0.0151. The summed E-state index contributed by atoms with van der Waals surface area (Å²) in [6, 6.07) is 5.87. The average Bonchev–Trinajstić information content (AvgIpc) is 2.58. The fraction of sp³-hybridized carbons (Fsp3) is 0.650. The van der Waals surface area contributed by atoms with Crippen LogP contribution < -0.4 is 5.32 Å². The first-order valence-electron chi connectivity index (χ1n) is 9.35. The van der Waals surface area contributed by atoms with Crippen LogP contribution in [0.1, 0.15) is 71.1 Å². The van der Waals surface area contributed by atoms with Gasteiger partial charge in [0.25, 0.3) is 0 Å². The van der Waals surface area contributed by atoms with Crippen LogP contribution in [-0.4, -0.2) is 17.4 Å². The molecule has 0 fully saturated rings. The van der Waals surface area contributed by atoms with Crippen molar-refractivity contribution >= 4 is 23.4 Å². The first kappa shape index (κ1) is 21.0. The number of halogens is 1. The van der Waals surface area contributed by atoms with Gasteiger partial charge in [0.15, 0.2) is 0 Å². The Balaban J connectivity index is 1.87. The van der Waals surface area contributed by atoms with E-state index in [-0.39, 0.29) is 11.7 Å². The molecule has 0 aliphatic carbocycles. The SMILES string of the molecule is CCCCCCCCCCCCSCC(=O)Nc1ccc(F)cc1. The number of amides is 1. The lowest BCUT2D eigenvalue weighted by atomic mass is 10.1. The second-order valence-corrected chi connectivity index (χ2v) is 7.39. The lowest BCUT2D eigenvalue weighted by molar-refractivity contribution is -0.113. The van der Waals surface area contributed by atoms with Crippen molar-refractivity contribution in [2.45, 2.75) is 71.1 Å². The van der Waals surface area contributed by atoms with Gasteiger partial charge in [0.1, 0.15) is 5.82 Å². The molecular weight excluding hydrogens is 321 g/mol. The molecule has 0 radical (unpaired) electrons. The van der Waals surface area contributed by atoms with Gasteiger partial charge < -0.3 is 5.32 Å². The van der Waals surface area contributed by atoms with Gasteiger partial charge in [-0.3, -0.25) is 4.79 Å². The number of carbonyl (C=O) groups excluding carboxylic acids is 1. The van der Waals surface area contributed by atoms with Crippen LogP contribution in [0.15, 0.2) is 24.3 Å². The van der Waals surface area contributed by atoms with Gasteiger partial charge in [0.05, 0.1) is 5.75 Å². The summed E-state index contributed by atoms with van der Waals surface area (Å²) >= 11 is 1.68. The third-order valence-corrected chi connectivity index (χ3v) is 5.05. The minimum atomic E-state index is -0.289. The molecule has 136 valence electrons. The summed E-state index contributed by atoms with van der Waals surface area (Å²) in [5.74, 6) is 1.20. The van der Waals surface area contributed by atoms with Gasteiger partial charge in [0.2, 0.25) is 5.91 Å². The van der Waals surface area contributed by atoms with Crippen LogP contribution in [0.4, 0.5) is 10.1 Å². The molecule has 0 aliphatic heterocycles. The van der Waals surface area contributed by atoms with Gasteiger partial charge in [0, 0.05) is 5.69 Å². The summed E-state index contributed by atoms with van der Waals surface area (Å²) in [7, 11) is 0. The quantitative estimate of drug-likeness (QED) is 0.391. The second-order valence-electron chi connectivity index (χ2n) is 6.29. The predicted octanol–water partition coefficient (Wildman–Crippen LogP) is 6.42. The summed E-state index contributed by atoms with van der Waals surface area (Å²) < 4.78 is 12.8. The maximum absolute atomic E-state index is 12.8. The number of rotatable bonds is 14. The van der Waals surface area contributed by atoms with Gasteiger partial charge in [-0.05, 0) is 36.4 Å². The summed E-state index contributed by atoms with van der Waals surface area (Å²) in [4.78, 5) is 11.8. The van der Waals surface area contributed by atoms with Crippen LogP contribution >= 0.6 is 11.8 Å². The van der Waals surface area contributed by atoms with Gasteiger partial charge in [-0.1, -0.05) is 64.7 Å². The molecule has 1 aromatic rings. The van der Waals surface area contributed by atoms with Crippen molar-refractivity contribution in [3.8, 4) is 0 Å². The van der Waals surface area contributed by atoms with Crippen molar-refractivity contribution < 1.29 is 9.18 Å². The maximum atomic E-state index is 12.8. The van der Waals surface area contributed by atoms with E-state index < -0.39 is 0 Å². The normalized spacial score (nSPS) is 10.8. The Kier molecular flexibility index (Phi) is 12.5. The number of hydrogen-bond donors (Lipinski definition) is 1. The molecule has 2 nitrogen and oxygen atoms in total. The largest absolute Gasteiger partial charge is 0.325 e. The Labute approximate surface area is 151 Å². The molecule has 0 saturated carbocycles. The fourth-order valence-corrected chi connectivity index (χ4v) is 3.40. The molecule has 0 heterocycles. The lowest BCUT2D eigenvalue weighted by Crippen LogP contribution is -2.14. The van der Waals surface area contributed by atoms with E-state index in [1.54, 1.807) is 23.9 Å². The van der Waals surface area contributed by atoms with Crippen LogP contribution in [0.5, 0.6) is 0 Å². The van der Waals surface area contributed by atoms with E-state index in [0.717, 1.165) is 5.75 Å². The van der Waals surface area contributed by atoms with E-state index in [2.05, 4.69) is 12.2 Å². The third kappa shape index (κ3) is 11.5. The summed E-state index contributed by atoms with van der Waals surface area (Å²) in [6.07, 6.45) is 13.4. The van der Waals surface area contributed by atoms with Crippen LogP contribution in [0.25, 0.3) is 0 Å². The highest BCUT2D eigenvalue weighted by molar-refractivity contribution is 7.99. The van der Waals surface area contributed by atoms with Gasteiger partial charge in [-0.2, -0.15) is 11.8 Å². The first-order chi connectivity index (χ1) is 11.7. The topological polar surface area (TPSA) is 29.1 Å². The molecule has 1 aromatic carbocycles. The number of benzene rings is 1. The van der Waals surface area contributed by atoms with E-state index in [0.29, 0.717) is 11.4 Å². The molecule has 0 atom stereocenters. The van der Waals surface area contributed by atoms with Crippen molar-refractivity contribution in [2.75, 3.05) is 16.8 Å². The highest BCUT2D eigenvalue weighted by Crippen LogP contribution is 2.13. The van der Waals surface area contributed by atoms with Crippen molar-refractivity contribution in [2.24, 2.45) is 0 Å². The number of carbonyl (C=O) groups is 1. The van der Waals surface area contributed by atoms with Crippen molar-refractivity contribution in [3.05, 3.63) is 30.1 Å². The summed E-state index contributed by atoms with van der Waals surface area (Å²) in [5.41, 5.74) is 0.654. The summed E-state index contributed by atoms with van der Waals surface area (Å²) in [5, 5.41) is 2.78. The van der Waals surface area contributed by atoms with Crippen molar-refractivity contribution in [3.63, 3.8) is 0 Å². The van der Waals surface area contributed by atoms with Crippen molar-refractivity contribution in [1.82, 2.24) is 0 Å². The Bertz CT molecular complexity index is 436. The van der Waals surface area contributed by atoms with Crippen LogP contribution in [0, 0.1) is 5.82 Å². The minimum Gasteiger partial charge on any atom is -0.325 e. The molecule has 4 heteroatoms. The highest BCUT2D eigenvalue weighted by Gasteiger charge is 2.02. The van der Waals surface area contributed by atoms with E-state index in [1.807, 2.05) is 0 Å². The molecule has 0 saturated heterocycles. The Morgan fingerprint density at radius 3 is 2.04 bits per heavy atom. The molecule has 1 rings (SSSR count). The maximum Gasteiger partial charge on any atom is 0.234 e. The van der Waals surface area contributed by atoms with Gasteiger partial charge in [-0.15, -0.1) is 0 Å². The molecule has 0 unspecified atom stereocenters. The van der Waals surface area contributed by atoms with Crippen molar-refractivity contribution in [1.29, 1.82) is 0 Å². The molecule has 24 heavy (non-hydrogen) atoms. The zero-order chi connectivity index (χ0) is 17.5. The van der Waals surface area contributed by atoms with Gasteiger partial charge in [-0.25, -0.2) is 4.39 Å². The number of unbranched alkanes of at least 4 members (excludes halogenated alkanes) is 9. The number of thioether (sulfide) groups is 1. The van der Waals surface area contributed by atoms with Crippen LogP contribution in [0.2, 0.25) is 0 Å². The Morgan fingerprint density at radius 1 is 0.917 bits per heavy atom. The Morgan fingerprint density at radius 2 is 1.46 bits per heavy atom. The Hall–Kier alpha value is -1.03. The summed E-state index contributed by atoms with van der Waals surface area (Å²) in [6.45, 7) is 2.25. The zero-order valence-electron chi connectivity index (χ0n) is 15.0. The third-order valence-electron chi connectivity index (χ3n) is 4.00. The van der Waals surface area contributed by atoms with E-state index >= 15 is 0 Å². The molecule has 0 spiro atoms. The van der Waals surface area contributed by atoms with Crippen LogP contribution in [-0.2, 0) is 4.79 Å². The molecule has 1 N–H and O–H groups in total. The molecule has 0 bridgehead atoms.